The highest BCUT2D eigenvalue weighted by Gasteiger charge is 2.15. The third-order valence-corrected chi connectivity index (χ3v) is 5.42. The number of aryl methyl sites for hydroxylation is 1. The van der Waals surface area contributed by atoms with Gasteiger partial charge in [-0.2, -0.15) is 0 Å². The molecule has 1 aliphatic heterocycles. The third-order valence-electron chi connectivity index (χ3n) is 4.10. The van der Waals surface area contributed by atoms with Gasteiger partial charge in [0.15, 0.2) is 0 Å². The number of aliphatic imine (C=N–C) groups is 1. The van der Waals surface area contributed by atoms with Gasteiger partial charge in [-0.3, -0.25) is 9.59 Å². The van der Waals surface area contributed by atoms with Gasteiger partial charge >= 0.3 is 5.97 Å². The molecule has 0 fully saturated rings. The van der Waals surface area contributed by atoms with Crippen LogP contribution in [0.2, 0.25) is 5.02 Å². The minimum Gasteiger partial charge on any atom is -0.469 e. The molecule has 0 spiro atoms. The predicted octanol–water partition coefficient (Wildman–Crippen LogP) is 4.92. The molecule has 0 radical (unpaired) electrons. The Bertz CT molecular complexity index is 1000. The number of para-hydroxylation sites is 2. The first-order valence-corrected chi connectivity index (χ1v) is 10.2. The van der Waals surface area contributed by atoms with Crippen LogP contribution in [-0.4, -0.2) is 29.8 Å². The largest absolute Gasteiger partial charge is 0.469 e. The first-order valence-electron chi connectivity index (χ1n) is 8.85. The number of amides is 1. The van der Waals surface area contributed by atoms with E-state index in [1.807, 2.05) is 43.3 Å². The maximum atomic E-state index is 12.3. The topological polar surface area (TPSA) is 79.8 Å². The molecule has 2 N–H and O–H groups in total. The van der Waals surface area contributed by atoms with Crippen LogP contribution in [-0.2, 0) is 14.3 Å². The van der Waals surface area contributed by atoms with Crippen molar-refractivity contribution in [2.24, 2.45) is 4.99 Å². The van der Waals surface area contributed by atoms with Gasteiger partial charge in [0.05, 0.1) is 35.7 Å². The number of nitrogens with one attached hydrogen (secondary N) is 2. The molecule has 0 aliphatic carbocycles. The Morgan fingerprint density at radius 2 is 2.03 bits per heavy atom. The monoisotopic (exact) mass is 429 g/mol. The summed E-state index contributed by atoms with van der Waals surface area (Å²) in [4.78, 5) is 28.7. The van der Waals surface area contributed by atoms with Gasteiger partial charge in [0, 0.05) is 16.4 Å². The molecule has 1 amide bonds. The van der Waals surface area contributed by atoms with Crippen LogP contribution in [0.15, 0.2) is 59.2 Å². The minimum absolute atomic E-state index is 0.0818. The Morgan fingerprint density at radius 3 is 2.79 bits per heavy atom. The number of ether oxygens (including phenoxy) is 1. The summed E-state index contributed by atoms with van der Waals surface area (Å²) in [6, 6.07) is 12.9. The molecule has 1 heterocycles. The Labute approximate surface area is 178 Å². The van der Waals surface area contributed by atoms with Gasteiger partial charge in [-0.25, -0.2) is 4.99 Å². The molecule has 3 rings (SSSR count). The van der Waals surface area contributed by atoms with Crippen molar-refractivity contribution < 1.29 is 14.3 Å². The predicted molar refractivity (Wildman–Crippen MR) is 119 cm³/mol. The summed E-state index contributed by atoms with van der Waals surface area (Å²) in [6.45, 7) is 1.90. The zero-order chi connectivity index (χ0) is 20.8. The number of benzene rings is 2. The van der Waals surface area contributed by atoms with Crippen molar-refractivity contribution in [3.63, 3.8) is 0 Å². The van der Waals surface area contributed by atoms with Crippen LogP contribution < -0.4 is 10.6 Å². The Morgan fingerprint density at radius 1 is 1.24 bits per heavy atom. The zero-order valence-corrected chi connectivity index (χ0v) is 17.6. The highest BCUT2D eigenvalue weighted by molar-refractivity contribution is 8.14. The lowest BCUT2D eigenvalue weighted by molar-refractivity contribution is -0.139. The van der Waals surface area contributed by atoms with Crippen molar-refractivity contribution >= 4 is 57.3 Å². The fraction of sp³-hybridized carbons (Fsp3) is 0.190. The van der Waals surface area contributed by atoms with Crippen LogP contribution in [0.1, 0.15) is 12.0 Å². The van der Waals surface area contributed by atoms with Crippen molar-refractivity contribution in [1.82, 2.24) is 0 Å². The summed E-state index contributed by atoms with van der Waals surface area (Å²) in [5.41, 5.74) is 3.76. The molecule has 0 aromatic heterocycles. The Hall–Kier alpha value is -2.77. The third kappa shape index (κ3) is 5.85. The quantitative estimate of drug-likeness (QED) is 0.659. The van der Waals surface area contributed by atoms with Crippen molar-refractivity contribution in [2.75, 3.05) is 23.5 Å². The number of nitrogens with zero attached hydrogens (tertiary/aromatic N) is 1. The highest BCUT2D eigenvalue weighted by Crippen LogP contribution is 2.31. The standard InChI is InChI=1S/C21H20ClN3O3S/c1-13-7-8-14(9-16(13)22)24-19(26)12-29-20-10-15(11-21(27)28-2)23-17-5-3-4-6-18(17)25-20/h3-10,23H,11-12H2,1-2H3,(H,24,26). The average molecular weight is 430 g/mol. The molecular weight excluding hydrogens is 410 g/mol. The maximum absolute atomic E-state index is 12.3. The van der Waals surface area contributed by atoms with Gasteiger partial charge in [0.25, 0.3) is 0 Å². The van der Waals surface area contributed by atoms with E-state index in [4.69, 9.17) is 16.3 Å². The molecule has 29 heavy (non-hydrogen) atoms. The summed E-state index contributed by atoms with van der Waals surface area (Å²) in [5.74, 6) is -0.374. The summed E-state index contributed by atoms with van der Waals surface area (Å²) in [6.07, 6.45) is 1.84. The van der Waals surface area contributed by atoms with Crippen LogP contribution in [0.4, 0.5) is 17.1 Å². The zero-order valence-electron chi connectivity index (χ0n) is 16.0. The Balaban J connectivity index is 1.72. The number of hydrogen-bond acceptors (Lipinski definition) is 6. The molecule has 150 valence electrons. The molecular formula is C21H20ClN3O3S. The summed E-state index contributed by atoms with van der Waals surface area (Å²) < 4.78 is 4.76. The van der Waals surface area contributed by atoms with Gasteiger partial charge < -0.3 is 15.4 Å². The number of rotatable bonds is 5. The number of anilines is 2. The van der Waals surface area contributed by atoms with E-state index in [2.05, 4.69) is 15.6 Å². The SMILES string of the molecule is COC(=O)CC1=CC(SCC(=O)Nc2ccc(C)c(Cl)c2)=Nc2ccccc2N1. The smallest absolute Gasteiger partial charge is 0.311 e. The van der Waals surface area contributed by atoms with Gasteiger partial charge in [-0.05, 0) is 42.8 Å². The first-order chi connectivity index (χ1) is 13.9. The van der Waals surface area contributed by atoms with Gasteiger partial charge in [0.1, 0.15) is 0 Å². The average Bonchev–Trinajstić information content (AvgIpc) is 2.87. The molecule has 0 unspecified atom stereocenters. The van der Waals surface area contributed by atoms with Gasteiger partial charge in [0.2, 0.25) is 5.91 Å². The van der Waals surface area contributed by atoms with Crippen LogP contribution in [0.5, 0.6) is 0 Å². The second kappa shape index (κ2) is 9.62. The van der Waals surface area contributed by atoms with Crippen LogP contribution in [0, 0.1) is 6.92 Å². The lowest BCUT2D eigenvalue weighted by atomic mass is 10.2. The van der Waals surface area contributed by atoms with Gasteiger partial charge in [-0.1, -0.05) is 41.6 Å². The first kappa shape index (κ1) is 21.0. The van der Waals surface area contributed by atoms with E-state index in [0.29, 0.717) is 21.5 Å². The molecule has 2 aromatic rings. The number of hydrogen-bond donors (Lipinski definition) is 2. The van der Waals surface area contributed by atoms with E-state index in [-0.39, 0.29) is 24.1 Å². The van der Waals surface area contributed by atoms with E-state index in [9.17, 15) is 9.59 Å². The molecule has 6 nitrogen and oxygen atoms in total. The van der Waals surface area contributed by atoms with Crippen LogP contribution >= 0.6 is 23.4 Å². The number of halogens is 1. The number of carbonyl (C=O) groups excluding carboxylic acids is 2. The lowest BCUT2D eigenvalue weighted by Crippen LogP contribution is -2.15. The molecule has 0 atom stereocenters. The molecule has 8 heteroatoms. The summed E-state index contributed by atoms with van der Waals surface area (Å²) in [5, 5.41) is 7.26. The number of carbonyl (C=O) groups is 2. The van der Waals surface area contributed by atoms with E-state index in [0.717, 1.165) is 16.9 Å². The molecule has 1 aliphatic rings. The molecule has 0 saturated heterocycles. The van der Waals surface area contributed by atoms with E-state index >= 15 is 0 Å². The minimum atomic E-state index is -0.360. The second-order valence-electron chi connectivity index (χ2n) is 6.32. The number of thioether (sulfide) groups is 1. The van der Waals surface area contributed by atoms with Crippen molar-refractivity contribution in [1.29, 1.82) is 0 Å². The van der Waals surface area contributed by atoms with Crippen molar-refractivity contribution in [3.05, 3.63) is 64.8 Å². The maximum Gasteiger partial charge on any atom is 0.311 e. The Kier molecular flexibility index (Phi) is 6.95. The summed E-state index contributed by atoms with van der Waals surface area (Å²) in [7, 11) is 1.35. The molecule has 2 aromatic carbocycles. The lowest BCUT2D eigenvalue weighted by Gasteiger charge is -2.09. The van der Waals surface area contributed by atoms with Crippen LogP contribution in [0.25, 0.3) is 0 Å². The van der Waals surface area contributed by atoms with E-state index in [1.54, 1.807) is 12.1 Å². The summed E-state index contributed by atoms with van der Waals surface area (Å²) >= 11 is 7.39. The number of methoxy groups -OCH3 is 1. The van der Waals surface area contributed by atoms with Crippen molar-refractivity contribution in [3.8, 4) is 0 Å². The normalized spacial score (nSPS) is 12.7. The fourth-order valence-corrected chi connectivity index (χ4v) is 3.51. The number of esters is 1. The van der Waals surface area contributed by atoms with Crippen molar-refractivity contribution in [2.45, 2.75) is 13.3 Å². The fourth-order valence-electron chi connectivity index (χ4n) is 2.59. The molecule has 0 saturated carbocycles. The van der Waals surface area contributed by atoms with Gasteiger partial charge in [-0.15, -0.1) is 0 Å². The van der Waals surface area contributed by atoms with E-state index < -0.39 is 0 Å². The highest BCUT2D eigenvalue weighted by atomic mass is 35.5. The molecule has 0 bridgehead atoms. The van der Waals surface area contributed by atoms with E-state index in [1.165, 1.54) is 18.9 Å². The second-order valence-corrected chi connectivity index (χ2v) is 7.72. The van der Waals surface area contributed by atoms with Crippen LogP contribution in [0.3, 0.4) is 0 Å². The number of fused-ring (bicyclic) bond motifs is 1.